The number of rotatable bonds is 5. The number of aryl methyl sites for hydroxylation is 2. The number of nitrogens with one attached hydrogen (secondary N) is 1. The van der Waals surface area contributed by atoms with Crippen LogP contribution in [-0.2, 0) is 0 Å². The zero-order valence-corrected chi connectivity index (χ0v) is 18.1. The summed E-state index contributed by atoms with van der Waals surface area (Å²) in [5.41, 5.74) is 6.45. The first-order valence-corrected chi connectivity index (χ1v) is 9.92. The number of fused-ring (bicyclic) bond motifs is 1. The van der Waals surface area contributed by atoms with E-state index in [2.05, 4.69) is 16.0 Å². The molecule has 8 nitrogen and oxygen atoms in total. The molecule has 0 aliphatic heterocycles. The molecule has 0 spiro atoms. The van der Waals surface area contributed by atoms with E-state index in [4.69, 9.17) is 4.74 Å². The molecule has 4 aromatic rings. The van der Waals surface area contributed by atoms with Gasteiger partial charge in [0.15, 0.2) is 0 Å². The van der Waals surface area contributed by atoms with Crippen molar-refractivity contribution in [1.29, 1.82) is 5.26 Å². The summed E-state index contributed by atoms with van der Waals surface area (Å²) in [5, 5.41) is 20.9. The third kappa shape index (κ3) is 3.61. The van der Waals surface area contributed by atoms with Crippen LogP contribution in [0.4, 0.5) is 5.69 Å². The van der Waals surface area contributed by atoms with Gasteiger partial charge in [-0.25, -0.2) is 4.98 Å². The first-order valence-electron chi connectivity index (χ1n) is 9.92. The topological polar surface area (TPSA) is 110 Å². The predicted molar refractivity (Wildman–Crippen MR) is 123 cm³/mol. The summed E-state index contributed by atoms with van der Waals surface area (Å²) in [7, 11) is 1.48. The number of nitrogens with zero attached hydrogens (tertiary/aromatic N) is 4. The molecule has 160 valence electrons. The zero-order valence-electron chi connectivity index (χ0n) is 18.1. The number of non-ortho nitro benzene ring substituents is 1. The van der Waals surface area contributed by atoms with Crippen molar-refractivity contribution in [2.45, 2.75) is 20.8 Å². The molecule has 0 fully saturated rings. The monoisotopic (exact) mass is 427 g/mol. The quantitative estimate of drug-likeness (QED) is 0.265. The van der Waals surface area contributed by atoms with Gasteiger partial charge in [0.1, 0.15) is 17.6 Å². The van der Waals surface area contributed by atoms with Gasteiger partial charge >= 0.3 is 0 Å². The highest BCUT2D eigenvalue weighted by atomic mass is 16.6. The number of hydrogen-bond acceptors (Lipinski definition) is 5. The van der Waals surface area contributed by atoms with E-state index in [9.17, 15) is 15.4 Å². The third-order valence-corrected chi connectivity index (χ3v) is 5.40. The van der Waals surface area contributed by atoms with E-state index >= 15 is 0 Å². The lowest BCUT2D eigenvalue weighted by Crippen LogP contribution is -2.03. The highest BCUT2D eigenvalue weighted by Crippen LogP contribution is 2.32. The number of aromatic amines is 1. The van der Waals surface area contributed by atoms with Gasteiger partial charge in [-0.05, 0) is 62.2 Å². The van der Waals surface area contributed by atoms with Crippen LogP contribution in [0.1, 0.15) is 28.3 Å². The lowest BCUT2D eigenvalue weighted by atomic mass is 10.1. The summed E-state index contributed by atoms with van der Waals surface area (Å²) < 4.78 is 7.37. The van der Waals surface area contributed by atoms with Gasteiger partial charge in [0.2, 0.25) is 0 Å². The number of imidazole rings is 1. The molecule has 1 N–H and O–H groups in total. The molecular weight excluding hydrogens is 406 g/mol. The van der Waals surface area contributed by atoms with E-state index in [1.807, 2.05) is 49.6 Å². The van der Waals surface area contributed by atoms with Gasteiger partial charge in [-0.3, -0.25) is 10.1 Å². The van der Waals surface area contributed by atoms with Crippen molar-refractivity contribution in [3.05, 3.63) is 80.9 Å². The van der Waals surface area contributed by atoms with Crippen molar-refractivity contribution in [1.82, 2.24) is 14.5 Å². The molecule has 0 aliphatic rings. The molecule has 0 unspecified atom stereocenters. The number of hydrogen-bond donors (Lipinski definition) is 1. The van der Waals surface area contributed by atoms with Gasteiger partial charge in [0.25, 0.3) is 5.69 Å². The number of H-pyrrole nitrogens is 1. The summed E-state index contributed by atoms with van der Waals surface area (Å²) in [6.07, 6.45) is 1.79. The number of methoxy groups -OCH3 is 1. The molecule has 0 saturated heterocycles. The number of allylic oxidation sites excluding steroid dienone is 1. The standard InChI is InChI=1S/C24H21N5O3/c1-14-5-7-20-21(9-14)27-24(26-20)18(13-25)11-17-10-15(2)28(16(17)3)22-8-6-19(29(30)31)12-23(22)32-4/h5-12H,1-4H3,(H,26,27)/b18-11-. The number of aromatic nitrogens is 3. The normalized spacial score (nSPS) is 11.5. The fraction of sp³-hybridized carbons (Fsp3) is 0.167. The Labute approximate surface area is 184 Å². The molecule has 0 bridgehead atoms. The minimum atomic E-state index is -0.454. The van der Waals surface area contributed by atoms with E-state index in [-0.39, 0.29) is 5.69 Å². The maximum atomic E-state index is 11.1. The van der Waals surface area contributed by atoms with Crippen LogP contribution in [0, 0.1) is 42.2 Å². The minimum absolute atomic E-state index is 0.0416. The number of nitro groups is 1. The van der Waals surface area contributed by atoms with Gasteiger partial charge in [0, 0.05) is 17.5 Å². The summed E-state index contributed by atoms with van der Waals surface area (Å²) in [6, 6.07) is 14.6. The maximum absolute atomic E-state index is 11.1. The average molecular weight is 427 g/mol. The van der Waals surface area contributed by atoms with Crippen LogP contribution in [0.5, 0.6) is 5.75 Å². The van der Waals surface area contributed by atoms with Gasteiger partial charge in [-0.1, -0.05) is 6.07 Å². The van der Waals surface area contributed by atoms with Crippen molar-refractivity contribution in [3.8, 4) is 17.5 Å². The largest absolute Gasteiger partial charge is 0.494 e. The molecular formula is C24H21N5O3. The van der Waals surface area contributed by atoms with Gasteiger partial charge in [-0.15, -0.1) is 0 Å². The molecule has 0 radical (unpaired) electrons. The van der Waals surface area contributed by atoms with Crippen LogP contribution in [0.25, 0.3) is 28.4 Å². The lowest BCUT2D eigenvalue weighted by molar-refractivity contribution is -0.384. The maximum Gasteiger partial charge on any atom is 0.273 e. The molecule has 4 rings (SSSR count). The van der Waals surface area contributed by atoms with Gasteiger partial charge in [-0.2, -0.15) is 5.26 Å². The van der Waals surface area contributed by atoms with Gasteiger partial charge in [0.05, 0.1) is 40.4 Å². The Balaban J connectivity index is 1.81. The Morgan fingerprint density at radius 1 is 1.22 bits per heavy atom. The number of nitriles is 1. The van der Waals surface area contributed by atoms with Crippen molar-refractivity contribution in [3.63, 3.8) is 0 Å². The summed E-state index contributed by atoms with van der Waals surface area (Å²) in [6.45, 7) is 5.86. The summed E-state index contributed by atoms with van der Waals surface area (Å²) >= 11 is 0. The van der Waals surface area contributed by atoms with E-state index in [1.54, 1.807) is 12.1 Å². The SMILES string of the molecule is COc1cc([N+](=O)[O-])ccc1-n1c(C)cc(/C=C(/C#N)c2nc3ccc(C)cc3[nH]2)c1C. The molecule has 0 amide bonds. The molecule has 32 heavy (non-hydrogen) atoms. The second kappa shape index (κ2) is 8.04. The van der Waals surface area contributed by atoms with Crippen LogP contribution in [-0.4, -0.2) is 26.6 Å². The second-order valence-corrected chi connectivity index (χ2v) is 7.55. The van der Waals surface area contributed by atoms with E-state index in [1.165, 1.54) is 19.2 Å². The zero-order chi connectivity index (χ0) is 23.0. The Kier molecular flexibility index (Phi) is 5.24. The molecule has 0 atom stereocenters. The van der Waals surface area contributed by atoms with Gasteiger partial charge < -0.3 is 14.3 Å². The fourth-order valence-corrected chi connectivity index (χ4v) is 3.83. The van der Waals surface area contributed by atoms with Crippen molar-refractivity contribution < 1.29 is 9.66 Å². The van der Waals surface area contributed by atoms with Crippen molar-refractivity contribution in [2.75, 3.05) is 7.11 Å². The summed E-state index contributed by atoms with van der Waals surface area (Å²) in [4.78, 5) is 18.4. The third-order valence-electron chi connectivity index (χ3n) is 5.40. The van der Waals surface area contributed by atoms with Crippen LogP contribution >= 0.6 is 0 Å². The minimum Gasteiger partial charge on any atom is -0.494 e. The number of nitro benzene ring substituents is 1. The molecule has 8 heteroatoms. The van der Waals surface area contributed by atoms with E-state index in [0.29, 0.717) is 22.8 Å². The van der Waals surface area contributed by atoms with Crippen LogP contribution in [0.2, 0.25) is 0 Å². The highest BCUT2D eigenvalue weighted by molar-refractivity contribution is 5.91. The smallest absolute Gasteiger partial charge is 0.273 e. The first-order chi connectivity index (χ1) is 15.3. The highest BCUT2D eigenvalue weighted by Gasteiger charge is 2.18. The van der Waals surface area contributed by atoms with Crippen LogP contribution in [0.15, 0.2) is 42.5 Å². The van der Waals surface area contributed by atoms with Crippen molar-refractivity contribution >= 4 is 28.4 Å². The average Bonchev–Trinajstić information content (AvgIpc) is 3.31. The Bertz CT molecular complexity index is 1440. The predicted octanol–water partition coefficient (Wildman–Crippen LogP) is 5.26. The molecule has 2 aromatic carbocycles. The van der Waals surface area contributed by atoms with Crippen LogP contribution in [0.3, 0.4) is 0 Å². The van der Waals surface area contributed by atoms with E-state index in [0.717, 1.165) is 33.5 Å². The van der Waals surface area contributed by atoms with Crippen molar-refractivity contribution in [2.24, 2.45) is 0 Å². The molecule has 0 saturated carbocycles. The summed E-state index contributed by atoms with van der Waals surface area (Å²) in [5.74, 6) is 0.899. The Morgan fingerprint density at radius 2 is 2.00 bits per heavy atom. The number of benzene rings is 2. The molecule has 0 aliphatic carbocycles. The number of ether oxygens (including phenoxy) is 1. The molecule has 2 aromatic heterocycles. The van der Waals surface area contributed by atoms with Crippen LogP contribution < -0.4 is 4.74 Å². The first kappa shape index (κ1) is 20.9. The lowest BCUT2D eigenvalue weighted by Gasteiger charge is -2.13. The second-order valence-electron chi connectivity index (χ2n) is 7.55. The Morgan fingerprint density at radius 3 is 2.69 bits per heavy atom. The van der Waals surface area contributed by atoms with E-state index < -0.39 is 4.92 Å². The fourth-order valence-electron chi connectivity index (χ4n) is 3.83. The Hall–Kier alpha value is -4.38. The molecule has 2 heterocycles.